The second-order valence-electron chi connectivity index (χ2n) is 10.2. The first-order valence-corrected chi connectivity index (χ1v) is 14.3. The van der Waals surface area contributed by atoms with Crippen LogP contribution in [0.3, 0.4) is 0 Å². The van der Waals surface area contributed by atoms with Crippen molar-refractivity contribution >= 4 is 67.9 Å². The van der Waals surface area contributed by atoms with Crippen molar-refractivity contribution in [1.82, 2.24) is 14.7 Å². The average molecular weight is 655 g/mol. The van der Waals surface area contributed by atoms with E-state index < -0.39 is 35.8 Å². The molecule has 1 aliphatic carbocycles. The predicted octanol–water partition coefficient (Wildman–Crippen LogP) is 5.50. The van der Waals surface area contributed by atoms with Gasteiger partial charge in [-0.2, -0.15) is 5.10 Å². The van der Waals surface area contributed by atoms with Gasteiger partial charge in [0.2, 0.25) is 11.8 Å². The average Bonchev–Trinajstić information content (AvgIpc) is 3.68. The van der Waals surface area contributed by atoms with Gasteiger partial charge in [0.25, 0.3) is 5.91 Å². The normalized spacial score (nSPS) is 17.6. The summed E-state index contributed by atoms with van der Waals surface area (Å²) >= 11 is 9.93. The first kappa shape index (κ1) is 28.0. The van der Waals surface area contributed by atoms with Gasteiger partial charge in [0.05, 0.1) is 22.8 Å². The van der Waals surface area contributed by atoms with Gasteiger partial charge in [-0.1, -0.05) is 63.9 Å². The van der Waals surface area contributed by atoms with Gasteiger partial charge in [-0.15, -0.1) is 0 Å². The standard InChI is InChI=1S/C30H23BrClF2N5O3/c31-16-8-10-23-21(11-16)28(29(35)41)37-39(23)14-25(40)38-13-17(33)12-24(38)30(42)36-22-6-2-5-20(27(22)34)19-9-7-15-3-1-4-18(15)26(19)32/h1-2,4-11,17,24H,3,12-14H2,(H2,35,41)(H,36,42)/t17-,24+/m1/s1. The molecule has 6 rings (SSSR count). The predicted molar refractivity (Wildman–Crippen MR) is 159 cm³/mol. The van der Waals surface area contributed by atoms with Crippen molar-refractivity contribution < 1.29 is 23.2 Å². The van der Waals surface area contributed by atoms with Crippen molar-refractivity contribution in [3.63, 3.8) is 0 Å². The third-order valence-electron chi connectivity index (χ3n) is 7.54. The number of carbonyl (C=O) groups is 3. The summed E-state index contributed by atoms with van der Waals surface area (Å²) in [6, 6.07) is 12.0. The number of hydrogen-bond donors (Lipinski definition) is 2. The zero-order valence-electron chi connectivity index (χ0n) is 21.9. The number of amides is 3. The molecule has 0 saturated carbocycles. The number of likely N-dealkylation sites (tertiary alicyclic amines) is 1. The molecule has 12 heteroatoms. The Hall–Kier alpha value is -4.09. The van der Waals surface area contributed by atoms with Crippen LogP contribution < -0.4 is 11.1 Å². The highest BCUT2D eigenvalue weighted by molar-refractivity contribution is 9.10. The lowest BCUT2D eigenvalue weighted by Gasteiger charge is -2.24. The maximum Gasteiger partial charge on any atom is 0.269 e. The van der Waals surface area contributed by atoms with Crippen LogP contribution in [0.5, 0.6) is 0 Å². The Morgan fingerprint density at radius 2 is 1.95 bits per heavy atom. The lowest BCUT2D eigenvalue weighted by atomic mass is 9.99. The van der Waals surface area contributed by atoms with Crippen molar-refractivity contribution in [1.29, 1.82) is 0 Å². The minimum Gasteiger partial charge on any atom is -0.364 e. The van der Waals surface area contributed by atoms with Crippen LogP contribution in [0.1, 0.15) is 28.0 Å². The lowest BCUT2D eigenvalue weighted by molar-refractivity contribution is -0.137. The molecule has 0 spiro atoms. The Morgan fingerprint density at radius 3 is 2.74 bits per heavy atom. The lowest BCUT2D eigenvalue weighted by Crippen LogP contribution is -2.44. The number of rotatable bonds is 6. The Labute approximate surface area is 252 Å². The van der Waals surface area contributed by atoms with E-state index in [1.807, 2.05) is 18.2 Å². The first-order chi connectivity index (χ1) is 20.1. The van der Waals surface area contributed by atoms with Gasteiger partial charge < -0.3 is 16.0 Å². The molecule has 0 unspecified atom stereocenters. The molecule has 1 aromatic heterocycles. The fourth-order valence-corrected chi connectivity index (χ4v) is 6.25. The number of nitrogens with two attached hydrogens (primary N) is 1. The van der Waals surface area contributed by atoms with Gasteiger partial charge in [0.1, 0.15) is 18.8 Å². The third kappa shape index (κ3) is 4.96. The summed E-state index contributed by atoms with van der Waals surface area (Å²) in [5.74, 6) is -2.79. The highest BCUT2D eigenvalue weighted by atomic mass is 79.9. The van der Waals surface area contributed by atoms with E-state index in [2.05, 4.69) is 26.3 Å². The van der Waals surface area contributed by atoms with Gasteiger partial charge in [-0.3, -0.25) is 19.1 Å². The molecule has 4 aromatic rings. The summed E-state index contributed by atoms with van der Waals surface area (Å²) in [6.45, 7) is -0.678. The van der Waals surface area contributed by atoms with Crippen molar-refractivity contribution in [2.24, 2.45) is 5.73 Å². The molecule has 3 N–H and O–H groups in total. The number of nitrogens with zero attached hydrogens (tertiary/aromatic N) is 3. The Bertz CT molecular complexity index is 1820. The van der Waals surface area contributed by atoms with E-state index in [0.717, 1.165) is 22.4 Å². The van der Waals surface area contributed by atoms with Gasteiger partial charge in [-0.05, 0) is 41.8 Å². The van der Waals surface area contributed by atoms with Gasteiger partial charge in [-0.25, -0.2) is 8.78 Å². The number of nitrogens with one attached hydrogen (secondary N) is 1. The molecule has 2 heterocycles. The number of halogens is 4. The van der Waals surface area contributed by atoms with Crippen molar-refractivity contribution in [3.05, 3.63) is 86.7 Å². The molecule has 2 aliphatic rings. The summed E-state index contributed by atoms with van der Waals surface area (Å²) in [5.41, 5.74) is 8.36. The number of hydrogen-bond acceptors (Lipinski definition) is 4. The maximum atomic E-state index is 15.7. The summed E-state index contributed by atoms with van der Waals surface area (Å²) in [5, 5.41) is 7.58. The van der Waals surface area contributed by atoms with Crippen LogP contribution in [-0.2, 0) is 22.6 Å². The molecule has 3 aromatic carbocycles. The summed E-state index contributed by atoms with van der Waals surface area (Å²) in [4.78, 5) is 39.7. The van der Waals surface area contributed by atoms with Gasteiger partial charge in [0, 0.05) is 27.4 Å². The minimum atomic E-state index is -1.45. The van der Waals surface area contributed by atoms with E-state index in [4.69, 9.17) is 17.3 Å². The molecule has 2 atom stereocenters. The van der Waals surface area contributed by atoms with Gasteiger partial charge in [0.15, 0.2) is 11.5 Å². The van der Waals surface area contributed by atoms with Crippen LogP contribution >= 0.6 is 27.5 Å². The quantitative estimate of drug-likeness (QED) is 0.286. The highest BCUT2D eigenvalue weighted by Gasteiger charge is 2.40. The number of primary amides is 1. The van der Waals surface area contributed by atoms with E-state index in [1.54, 1.807) is 36.4 Å². The summed E-state index contributed by atoms with van der Waals surface area (Å²) < 4.78 is 32.3. The van der Waals surface area contributed by atoms with E-state index in [0.29, 0.717) is 26.0 Å². The number of alkyl halides is 1. The van der Waals surface area contributed by atoms with E-state index in [-0.39, 0.29) is 36.5 Å². The third-order valence-corrected chi connectivity index (χ3v) is 8.44. The second-order valence-corrected chi connectivity index (χ2v) is 11.5. The molecule has 1 aliphatic heterocycles. The van der Waals surface area contributed by atoms with E-state index in [9.17, 15) is 18.8 Å². The Kier molecular flexibility index (Phi) is 7.32. The second kappa shape index (κ2) is 11.0. The number of carbonyl (C=O) groups excluding carboxylic acids is 3. The number of anilines is 1. The molecule has 1 saturated heterocycles. The van der Waals surface area contributed by atoms with E-state index >= 15 is 4.39 Å². The van der Waals surface area contributed by atoms with Gasteiger partial charge >= 0.3 is 0 Å². The molecule has 8 nitrogen and oxygen atoms in total. The number of fused-ring (bicyclic) bond motifs is 2. The number of benzene rings is 3. The molecule has 1 fully saturated rings. The van der Waals surface area contributed by atoms with Crippen LogP contribution in [0.4, 0.5) is 14.5 Å². The Balaban J connectivity index is 1.24. The topological polar surface area (TPSA) is 110 Å². The smallest absolute Gasteiger partial charge is 0.269 e. The number of allylic oxidation sites excluding steroid dienone is 1. The molecule has 214 valence electrons. The molecule has 42 heavy (non-hydrogen) atoms. The SMILES string of the molecule is NC(=O)c1nn(CC(=O)N2C[C@H](F)C[C@H]2C(=O)Nc2cccc(-c3ccc4c(c3Cl)C=CC4)c2F)c2ccc(Br)cc12. The zero-order chi connectivity index (χ0) is 29.7. The molecule has 0 radical (unpaired) electrons. The molecular weight excluding hydrogens is 632 g/mol. The molecule has 3 amide bonds. The van der Waals surface area contributed by atoms with Crippen molar-refractivity contribution in [2.75, 3.05) is 11.9 Å². The minimum absolute atomic E-state index is 0.0203. The molecular formula is C30H23BrClF2N5O3. The zero-order valence-corrected chi connectivity index (χ0v) is 24.3. The largest absolute Gasteiger partial charge is 0.364 e. The fraction of sp³-hybridized carbons (Fsp3) is 0.200. The Morgan fingerprint density at radius 1 is 1.14 bits per heavy atom. The summed E-state index contributed by atoms with van der Waals surface area (Å²) in [7, 11) is 0. The summed E-state index contributed by atoms with van der Waals surface area (Å²) in [6.07, 6.45) is 2.92. The van der Waals surface area contributed by atoms with Crippen LogP contribution in [0, 0.1) is 5.82 Å². The molecule has 0 bridgehead atoms. The van der Waals surface area contributed by atoms with Crippen molar-refractivity contribution in [2.45, 2.75) is 31.6 Å². The monoisotopic (exact) mass is 653 g/mol. The highest BCUT2D eigenvalue weighted by Crippen LogP contribution is 2.38. The fourth-order valence-electron chi connectivity index (χ4n) is 5.54. The first-order valence-electron chi connectivity index (χ1n) is 13.1. The van der Waals surface area contributed by atoms with E-state index in [1.165, 1.54) is 10.7 Å². The van der Waals surface area contributed by atoms with Crippen LogP contribution in [0.25, 0.3) is 28.1 Å². The maximum absolute atomic E-state index is 15.7. The van der Waals surface area contributed by atoms with Crippen LogP contribution in [0.2, 0.25) is 5.02 Å². The van der Waals surface area contributed by atoms with Crippen LogP contribution in [0.15, 0.2) is 59.1 Å². The van der Waals surface area contributed by atoms with Crippen molar-refractivity contribution in [3.8, 4) is 11.1 Å². The number of aromatic nitrogens is 2. The van der Waals surface area contributed by atoms with Crippen LogP contribution in [-0.4, -0.2) is 51.2 Å².